The van der Waals surface area contributed by atoms with Gasteiger partial charge in [-0.3, -0.25) is 9.59 Å². The molecule has 1 fully saturated rings. The van der Waals surface area contributed by atoms with Gasteiger partial charge >= 0.3 is 0 Å². The lowest BCUT2D eigenvalue weighted by molar-refractivity contribution is -0.129. The molecule has 0 aliphatic carbocycles. The highest BCUT2D eigenvalue weighted by atomic mass is 32.2. The van der Waals surface area contributed by atoms with Gasteiger partial charge in [-0.1, -0.05) is 53.7 Å². The third kappa shape index (κ3) is 4.65. The van der Waals surface area contributed by atoms with Crippen molar-refractivity contribution in [2.45, 2.75) is 46.1 Å². The first-order chi connectivity index (χ1) is 16.9. The normalized spacial score (nSPS) is 19.5. The van der Waals surface area contributed by atoms with Crippen LogP contribution in [0.3, 0.4) is 0 Å². The Bertz CT molecular complexity index is 1260. The number of aryl methyl sites for hydroxylation is 2. The minimum absolute atomic E-state index is 0.136. The average molecular weight is 487 g/mol. The molecular formula is C28H30N4O2S. The smallest absolute Gasteiger partial charge is 0.255 e. The number of benzene rings is 2. The molecule has 5 rings (SSSR count). The minimum Gasteiger partial charge on any atom is -0.342 e. The lowest BCUT2D eigenvalue weighted by Crippen LogP contribution is -2.39. The number of carbonyl (C=O) groups is 2. The molecule has 35 heavy (non-hydrogen) atoms. The fourth-order valence-electron chi connectivity index (χ4n) is 4.96. The van der Waals surface area contributed by atoms with Gasteiger partial charge in [0, 0.05) is 24.5 Å². The molecule has 2 amide bonds. The van der Waals surface area contributed by atoms with Gasteiger partial charge in [0.1, 0.15) is 0 Å². The predicted octanol–water partition coefficient (Wildman–Crippen LogP) is 5.53. The first-order valence-electron chi connectivity index (χ1n) is 12.1. The number of fused-ring (bicyclic) bond motifs is 1. The van der Waals surface area contributed by atoms with Crippen LogP contribution in [0.1, 0.15) is 48.9 Å². The SMILES string of the molecule is CC1=C(C(=O)Nc2ccccc2)C(c2cc(C)ccc2C)N2C(CC(=O)N3CCCC3)=CSC2=N1. The maximum atomic E-state index is 13.7. The van der Waals surface area contributed by atoms with E-state index in [2.05, 4.69) is 42.3 Å². The molecule has 180 valence electrons. The fraction of sp³-hybridized carbons (Fsp3) is 0.321. The molecule has 0 radical (unpaired) electrons. The summed E-state index contributed by atoms with van der Waals surface area (Å²) in [6, 6.07) is 15.5. The monoisotopic (exact) mass is 486 g/mol. The van der Waals surface area contributed by atoms with Crippen LogP contribution in [0.2, 0.25) is 0 Å². The predicted molar refractivity (Wildman–Crippen MR) is 142 cm³/mol. The van der Waals surface area contributed by atoms with Crippen LogP contribution in [0, 0.1) is 13.8 Å². The number of nitrogens with zero attached hydrogens (tertiary/aromatic N) is 3. The molecule has 0 bridgehead atoms. The van der Waals surface area contributed by atoms with Gasteiger partial charge in [-0.25, -0.2) is 4.99 Å². The standard InChI is InChI=1S/C28H30N4O2S/c1-18-11-12-19(2)23(15-18)26-25(27(34)30-21-9-5-4-6-10-21)20(3)29-28-32(26)22(17-35-28)16-24(33)31-13-7-8-14-31/h4-6,9-12,15,17,26H,7-8,13-14,16H2,1-3H3,(H,30,34). The largest absolute Gasteiger partial charge is 0.342 e. The van der Waals surface area contributed by atoms with E-state index in [4.69, 9.17) is 4.99 Å². The average Bonchev–Trinajstić information content (AvgIpc) is 3.51. The number of carbonyl (C=O) groups excluding carboxylic acids is 2. The summed E-state index contributed by atoms with van der Waals surface area (Å²) < 4.78 is 0. The highest BCUT2D eigenvalue weighted by Crippen LogP contribution is 2.45. The van der Waals surface area contributed by atoms with Crippen LogP contribution < -0.4 is 5.32 Å². The van der Waals surface area contributed by atoms with Crippen LogP contribution in [0.5, 0.6) is 0 Å². The number of hydrogen-bond acceptors (Lipinski definition) is 5. The highest BCUT2D eigenvalue weighted by molar-refractivity contribution is 8.16. The number of nitrogens with one attached hydrogen (secondary N) is 1. The van der Waals surface area contributed by atoms with Gasteiger partial charge in [0.25, 0.3) is 5.91 Å². The molecule has 1 unspecified atom stereocenters. The Hall–Kier alpha value is -3.32. The number of rotatable bonds is 5. The molecule has 7 heteroatoms. The number of hydrogen-bond donors (Lipinski definition) is 1. The Kier molecular flexibility index (Phi) is 6.52. The number of anilines is 1. The number of allylic oxidation sites excluding steroid dienone is 1. The number of amidine groups is 1. The lowest BCUT2D eigenvalue weighted by atomic mass is 9.89. The second kappa shape index (κ2) is 9.74. The summed E-state index contributed by atoms with van der Waals surface area (Å²) in [6.45, 7) is 7.68. The van der Waals surface area contributed by atoms with Crippen molar-refractivity contribution in [1.82, 2.24) is 9.80 Å². The van der Waals surface area contributed by atoms with Gasteiger partial charge in [-0.15, -0.1) is 0 Å². The maximum absolute atomic E-state index is 13.7. The molecule has 1 atom stereocenters. The number of aliphatic imine (C=N–C) groups is 1. The quantitative estimate of drug-likeness (QED) is 0.604. The number of likely N-dealkylation sites (tertiary alicyclic amines) is 1. The van der Waals surface area contributed by atoms with Crippen molar-refractivity contribution >= 4 is 34.4 Å². The summed E-state index contributed by atoms with van der Waals surface area (Å²) in [5.41, 5.74) is 6.22. The van der Waals surface area contributed by atoms with Crippen molar-refractivity contribution in [3.63, 3.8) is 0 Å². The van der Waals surface area contributed by atoms with E-state index in [-0.39, 0.29) is 17.9 Å². The van der Waals surface area contributed by atoms with Gasteiger partial charge in [-0.2, -0.15) is 0 Å². The Morgan fingerprint density at radius 2 is 1.80 bits per heavy atom. The van der Waals surface area contributed by atoms with Crippen LogP contribution >= 0.6 is 11.8 Å². The molecule has 2 aromatic rings. The van der Waals surface area contributed by atoms with E-state index in [0.717, 1.165) is 59.2 Å². The minimum atomic E-state index is -0.362. The molecule has 1 saturated heterocycles. The topological polar surface area (TPSA) is 65.0 Å². The second-order valence-corrected chi connectivity index (χ2v) is 10.2. The summed E-state index contributed by atoms with van der Waals surface area (Å²) in [5.74, 6) is -0.0404. The molecule has 3 aliphatic rings. The number of para-hydroxylation sites is 1. The van der Waals surface area contributed by atoms with Crippen LogP contribution in [0.25, 0.3) is 0 Å². The first kappa shape index (κ1) is 23.4. The van der Waals surface area contributed by atoms with Crippen LogP contribution in [-0.2, 0) is 9.59 Å². The van der Waals surface area contributed by atoms with Crippen molar-refractivity contribution in [2.24, 2.45) is 4.99 Å². The second-order valence-electron chi connectivity index (χ2n) is 9.34. The van der Waals surface area contributed by atoms with E-state index < -0.39 is 0 Å². The van der Waals surface area contributed by atoms with Gasteiger partial charge in [0.05, 0.1) is 23.7 Å². The summed E-state index contributed by atoms with van der Waals surface area (Å²) in [6.07, 6.45) is 2.43. The van der Waals surface area contributed by atoms with Crippen molar-refractivity contribution < 1.29 is 9.59 Å². The third-order valence-electron chi connectivity index (χ3n) is 6.80. The Labute approximate surface area is 210 Å². The van der Waals surface area contributed by atoms with E-state index in [1.54, 1.807) is 0 Å². The zero-order valence-electron chi connectivity index (χ0n) is 20.4. The molecule has 2 aromatic carbocycles. The molecule has 0 spiro atoms. The van der Waals surface area contributed by atoms with E-state index in [0.29, 0.717) is 17.7 Å². The van der Waals surface area contributed by atoms with Gasteiger partial charge in [0.2, 0.25) is 5.91 Å². The molecule has 1 N–H and O–H groups in total. The number of thioether (sulfide) groups is 1. The first-order valence-corrected chi connectivity index (χ1v) is 13.0. The molecule has 0 saturated carbocycles. The lowest BCUT2D eigenvalue weighted by Gasteiger charge is -2.37. The summed E-state index contributed by atoms with van der Waals surface area (Å²) >= 11 is 1.53. The Balaban J connectivity index is 1.55. The van der Waals surface area contributed by atoms with Gasteiger partial charge in [0.15, 0.2) is 5.17 Å². The Morgan fingerprint density at radius 1 is 1.06 bits per heavy atom. The summed E-state index contributed by atoms with van der Waals surface area (Å²) in [4.78, 5) is 35.7. The summed E-state index contributed by atoms with van der Waals surface area (Å²) in [5, 5.41) is 5.90. The van der Waals surface area contributed by atoms with Crippen molar-refractivity contribution in [3.05, 3.63) is 87.6 Å². The van der Waals surface area contributed by atoms with Gasteiger partial charge in [-0.05, 0) is 62.3 Å². The van der Waals surface area contributed by atoms with E-state index in [1.807, 2.05) is 47.6 Å². The molecule has 0 aromatic heterocycles. The van der Waals surface area contributed by atoms with Crippen LogP contribution in [0.15, 0.2) is 75.9 Å². The van der Waals surface area contributed by atoms with E-state index in [1.165, 1.54) is 11.8 Å². The van der Waals surface area contributed by atoms with Crippen LogP contribution in [0.4, 0.5) is 5.69 Å². The Morgan fingerprint density at radius 3 is 2.54 bits per heavy atom. The zero-order chi connectivity index (χ0) is 24.5. The van der Waals surface area contributed by atoms with Crippen LogP contribution in [-0.4, -0.2) is 39.9 Å². The van der Waals surface area contributed by atoms with Crippen molar-refractivity contribution in [2.75, 3.05) is 18.4 Å². The molecule has 3 aliphatic heterocycles. The fourth-order valence-corrected chi connectivity index (χ4v) is 5.93. The third-order valence-corrected chi connectivity index (χ3v) is 7.69. The molecule has 3 heterocycles. The highest BCUT2D eigenvalue weighted by Gasteiger charge is 2.41. The molecular weight excluding hydrogens is 456 g/mol. The van der Waals surface area contributed by atoms with E-state index >= 15 is 0 Å². The summed E-state index contributed by atoms with van der Waals surface area (Å²) in [7, 11) is 0. The number of amides is 2. The van der Waals surface area contributed by atoms with Gasteiger partial charge < -0.3 is 15.1 Å². The molecule has 6 nitrogen and oxygen atoms in total. The van der Waals surface area contributed by atoms with E-state index in [9.17, 15) is 9.59 Å². The van der Waals surface area contributed by atoms with Crippen molar-refractivity contribution in [1.29, 1.82) is 0 Å². The maximum Gasteiger partial charge on any atom is 0.255 e. The zero-order valence-corrected chi connectivity index (χ0v) is 21.2. The van der Waals surface area contributed by atoms with Crippen molar-refractivity contribution in [3.8, 4) is 0 Å².